The maximum Gasteiger partial charge on any atom is 0.334 e. The summed E-state index contributed by atoms with van der Waals surface area (Å²) in [5.74, 6) is 0.787. The number of nitrogens with zero attached hydrogens (tertiary/aromatic N) is 2. The van der Waals surface area contributed by atoms with Gasteiger partial charge in [0, 0.05) is 38.7 Å². The molecule has 13 nitrogen and oxygen atoms in total. The van der Waals surface area contributed by atoms with E-state index >= 15 is 0 Å². The van der Waals surface area contributed by atoms with Crippen LogP contribution in [-0.4, -0.2) is 64.5 Å². The number of benzene rings is 1. The molecule has 3 rings (SSSR count). The second kappa shape index (κ2) is 10.9. The van der Waals surface area contributed by atoms with Gasteiger partial charge in [0.15, 0.2) is 5.03 Å². The Morgan fingerprint density at radius 2 is 1.71 bits per heavy atom. The molecule has 188 valence electrons. The number of aromatic nitrogens is 2. The molecule has 0 fully saturated rings. The number of nitrogens with one attached hydrogen (secondary N) is 4. The molecule has 4 N–H and O–H groups in total. The highest BCUT2D eigenvalue weighted by Crippen LogP contribution is 2.30. The smallest absolute Gasteiger partial charge is 0.334 e. The van der Waals surface area contributed by atoms with Crippen LogP contribution in [0, 0.1) is 0 Å². The van der Waals surface area contributed by atoms with Crippen molar-refractivity contribution in [2.24, 2.45) is 7.05 Å². The molecule has 0 saturated heterocycles. The minimum absolute atomic E-state index is 0.0469. The Hall–Kier alpha value is -4.04. The number of hydrogen-bond acceptors (Lipinski definition) is 8. The number of ether oxygens (including phenoxy) is 3. The predicted octanol–water partition coefficient (Wildman–Crippen LogP) is 1.87. The summed E-state index contributed by atoms with van der Waals surface area (Å²) in [6, 6.07) is 7.82. The topological polar surface area (TPSA) is 162 Å². The van der Waals surface area contributed by atoms with Crippen LogP contribution >= 0.6 is 0 Å². The molecule has 0 bridgehead atoms. The van der Waals surface area contributed by atoms with Crippen LogP contribution in [0.3, 0.4) is 0 Å². The van der Waals surface area contributed by atoms with Gasteiger partial charge in [-0.1, -0.05) is 12.1 Å². The molecule has 0 aliphatic carbocycles. The molecule has 2 aromatic heterocycles. The number of pyridine rings is 1. The Bertz CT molecular complexity index is 1340. The Balaban J connectivity index is 1.82. The van der Waals surface area contributed by atoms with Crippen LogP contribution in [0.2, 0.25) is 0 Å². The van der Waals surface area contributed by atoms with Crippen LogP contribution in [0.25, 0.3) is 10.9 Å². The van der Waals surface area contributed by atoms with Gasteiger partial charge in [0.25, 0.3) is 10.0 Å². The fourth-order valence-electron chi connectivity index (χ4n) is 3.21. The Morgan fingerprint density at radius 3 is 2.34 bits per heavy atom. The van der Waals surface area contributed by atoms with Gasteiger partial charge in [0.05, 0.1) is 19.2 Å². The summed E-state index contributed by atoms with van der Waals surface area (Å²) in [5.41, 5.74) is 0.545. The van der Waals surface area contributed by atoms with E-state index in [0.717, 1.165) is 0 Å². The lowest BCUT2D eigenvalue weighted by Gasteiger charge is -2.12. The molecule has 35 heavy (non-hydrogen) atoms. The van der Waals surface area contributed by atoms with Crippen molar-refractivity contribution in [1.29, 1.82) is 0 Å². The number of carbonyl (C=O) groups is 2. The zero-order chi connectivity index (χ0) is 25.6. The van der Waals surface area contributed by atoms with Crippen molar-refractivity contribution in [3.05, 3.63) is 36.4 Å². The van der Waals surface area contributed by atoms with E-state index in [1.165, 1.54) is 36.9 Å². The third kappa shape index (κ3) is 6.10. The number of para-hydroxylation sites is 1. The molecule has 14 heteroatoms. The van der Waals surface area contributed by atoms with Gasteiger partial charge in [-0.3, -0.25) is 10.6 Å². The van der Waals surface area contributed by atoms with Crippen molar-refractivity contribution in [2.75, 3.05) is 45.1 Å². The fraction of sp³-hybridized carbons (Fsp3) is 0.286. The number of sulfonamides is 1. The van der Waals surface area contributed by atoms with Crippen molar-refractivity contribution >= 4 is 44.6 Å². The second-order valence-corrected chi connectivity index (χ2v) is 8.75. The van der Waals surface area contributed by atoms with Crippen molar-refractivity contribution in [3.63, 3.8) is 0 Å². The van der Waals surface area contributed by atoms with Gasteiger partial charge >= 0.3 is 12.1 Å². The zero-order valence-corrected chi connectivity index (χ0v) is 20.4. The molecule has 4 amide bonds. The lowest BCUT2D eigenvalue weighted by atomic mass is 10.2. The van der Waals surface area contributed by atoms with E-state index in [2.05, 4.69) is 20.9 Å². The molecule has 0 radical (unpaired) electrons. The van der Waals surface area contributed by atoms with E-state index < -0.39 is 22.1 Å². The monoisotopic (exact) mass is 506 g/mol. The number of rotatable bonds is 9. The molecule has 0 saturated carbocycles. The number of fused-ring (bicyclic) bond motifs is 1. The summed E-state index contributed by atoms with van der Waals surface area (Å²) in [7, 11) is 1.64. The zero-order valence-electron chi connectivity index (χ0n) is 19.5. The van der Waals surface area contributed by atoms with Gasteiger partial charge in [-0.2, -0.15) is 8.42 Å². The Kier molecular flexibility index (Phi) is 7.98. The summed E-state index contributed by atoms with van der Waals surface area (Å²) in [4.78, 5) is 28.2. The number of carbonyl (C=O) groups excluding carboxylic acids is 2. The maximum absolute atomic E-state index is 13.0. The van der Waals surface area contributed by atoms with Gasteiger partial charge in [-0.15, -0.1) is 0 Å². The third-order valence-corrected chi connectivity index (χ3v) is 6.16. The predicted molar refractivity (Wildman–Crippen MR) is 128 cm³/mol. The quantitative estimate of drug-likeness (QED) is 0.320. The van der Waals surface area contributed by atoms with Crippen molar-refractivity contribution in [1.82, 2.24) is 19.6 Å². The van der Waals surface area contributed by atoms with Crippen LogP contribution < -0.4 is 30.1 Å². The molecule has 0 aliphatic heterocycles. The Morgan fingerprint density at radius 1 is 1.03 bits per heavy atom. The standard InChI is InChI=1S/C21H26N6O7S/c1-22-20(28)24-16-11-14(33-4)12-17(23-16)25-21(29)26-35(30,31)18-10-13-6-5-7-15(19(13)27(18)2)34-9-8-32-3/h5-7,10-12H,8-9H2,1-4H3,(H4,22,23,24,25,26,28,29). The molecular weight excluding hydrogens is 480 g/mol. The van der Waals surface area contributed by atoms with Gasteiger partial charge in [-0.05, 0) is 12.1 Å². The number of hydrogen-bond donors (Lipinski definition) is 4. The highest BCUT2D eigenvalue weighted by Gasteiger charge is 2.24. The first kappa shape index (κ1) is 25.6. The minimum Gasteiger partial charge on any atom is -0.496 e. The van der Waals surface area contributed by atoms with Crippen molar-refractivity contribution in [3.8, 4) is 11.5 Å². The number of aryl methyl sites for hydroxylation is 1. The summed E-state index contributed by atoms with van der Waals surface area (Å²) >= 11 is 0. The number of amides is 4. The van der Waals surface area contributed by atoms with Crippen LogP contribution in [-0.2, 0) is 21.8 Å². The molecule has 0 atom stereocenters. The largest absolute Gasteiger partial charge is 0.496 e. The number of methoxy groups -OCH3 is 2. The summed E-state index contributed by atoms with van der Waals surface area (Å²) < 4.78 is 45.2. The average Bonchev–Trinajstić information content (AvgIpc) is 3.16. The van der Waals surface area contributed by atoms with Gasteiger partial charge in [0.2, 0.25) is 0 Å². The van der Waals surface area contributed by atoms with E-state index in [1.54, 1.807) is 32.4 Å². The highest BCUT2D eigenvalue weighted by molar-refractivity contribution is 7.90. The lowest BCUT2D eigenvalue weighted by molar-refractivity contribution is 0.147. The molecule has 3 aromatic rings. The minimum atomic E-state index is -4.28. The van der Waals surface area contributed by atoms with Crippen molar-refractivity contribution < 1.29 is 32.2 Å². The van der Waals surface area contributed by atoms with Gasteiger partial charge < -0.3 is 24.1 Å². The SMILES string of the molecule is CNC(=O)Nc1cc(OC)cc(NC(=O)NS(=O)(=O)c2cc3cccc(OCCOC)c3n2C)n1. The maximum atomic E-state index is 13.0. The summed E-state index contributed by atoms with van der Waals surface area (Å²) in [6.07, 6.45) is 0. The van der Waals surface area contributed by atoms with E-state index in [-0.39, 0.29) is 29.0 Å². The van der Waals surface area contributed by atoms with Crippen LogP contribution in [0.1, 0.15) is 0 Å². The second-order valence-electron chi connectivity index (χ2n) is 7.12. The highest BCUT2D eigenvalue weighted by atomic mass is 32.2. The first-order chi connectivity index (χ1) is 16.7. The van der Waals surface area contributed by atoms with Crippen molar-refractivity contribution in [2.45, 2.75) is 5.03 Å². The molecule has 0 spiro atoms. The van der Waals surface area contributed by atoms with Gasteiger partial charge in [0.1, 0.15) is 29.7 Å². The fourth-order valence-corrected chi connectivity index (χ4v) is 4.34. The van der Waals surface area contributed by atoms with Crippen LogP contribution in [0.4, 0.5) is 21.2 Å². The first-order valence-electron chi connectivity index (χ1n) is 10.3. The summed E-state index contributed by atoms with van der Waals surface area (Å²) in [5, 5.41) is 7.61. The van der Waals surface area contributed by atoms with Gasteiger partial charge in [-0.25, -0.2) is 19.3 Å². The van der Waals surface area contributed by atoms with E-state index in [0.29, 0.717) is 23.3 Å². The molecule has 2 heterocycles. The number of urea groups is 2. The molecule has 0 aliphatic rings. The normalized spacial score (nSPS) is 11.1. The molecule has 1 aromatic carbocycles. The number of anilines is 2. The molecule has 0 unspecified atom stereocenters. The van der Waals surface area contributed by atoms with E-state index in [9.17, 15) is 18.0 Å². The van der Waals surface area contributed by atoms with Crippen LogP contribution in [0.5, 0.6) is 11.5 Å². The van der Waals surface area contributed by atoms with E-state index in [4.69, 9.17) is 14.2 Å². The average molecular weight is 507 g/mol. The first-order valence-corrected chi connectivity index (χ1v) is 11.8. The van der Waals surface area contributed by atoms with E-state index in [1.807, 2.05) is 4.72 Å². The van der Waals surface area contributed by atoms with Crippen LogP contribution in [0.15, 0.2) is 41.4 Å². The lowest BCUT2D eigenvalue weighted by Crippen LogP contribution is -2.35. The Labute approximate surface area is 201 Å². The third-order valence-electron chi connectivity index (χ3n) is 4.77. The molecular formula is C21H26N6O7S. The summed E-state index contributed by atoms with van der Waals surface area (Å²) in [6.45, 7) is 0.653.